The van der Waals surface area contributed by atoms with Gasteiger partial charge >= 0.3 is 0 Å². The Morgan fingerprint density at radius 1 is 1.21 bits per heavy atom. The van der Waals surface area contributed by atoms with Gasteiger partial charge in [0.25, 0.3) is 10.0 Å². The van der Waals surface area contributed by atoms with Crippen LogP contribution >= 0.6 is 31.9 Å². The van der Waals surface area contributed by atoms with Crippen molar-refractivity contribution < 1.29 is 8.42 Å². The van der Waals surface area contributed by atoms with E-state index in [4.69, 9.17) is 5.73 Å². The Morgan fingerprint density at radius 2 is 1.95 bits per heavy atom. The van der Waals surface area contributed by atoms with E-state index >= 15 is 0 Å². The Kier molecular flexibility index (Phi) is 4.12. The number of nitrogen functional groups attached to an aromatic ring is 1. The average molecular weight is 407 g/mol. The smallest absolute Gasteiger partial charge is 0.281 e. The van der Waals surface area contributed by atoms with Crippen LogP contribution in [0.15, 0.2) is 50.5 Å². The molecule has 8 heteroatoms. The monoisotopic (exact) mass is 405 g/mol. The zero-order chi connectivity index (χ0) is 14.0. The summed E-state index contributed by atoms with van der Waals surface area (Å²) in [5, 5.41) is -0.193. The van der Waals surface area contributed by atoms with Crippen LogP contribution in [0.5, 0.6) is 0 Å². The highest BCUT2D eigenvalue weighted by atomic mass is 79.9. The van der Waals surface area contributed by atoms with Crippen molar-refractivity contribution in [1.29, 1.82) is 0 Å². The molecule has 1 aromatic heterocycles. The Balaban J connectivity index is 2.43. The van der Waals surface area contributed by atoms with Gasteiger partial charge in [-0.25, -0.2) is 4.98 Å². The molecule has 0 aliphatic rings. The molecule has 0 spiro atoms. The van der Waals surface area contributed by atoms with Crippen LogP contribution in [0, 0.1) is 0 Å². The zero-order valence-corrected chi connectivity index (χ0v) is 13.5. The lowest BCUT2D eigenvalue weighted by atomic mass is 10.3. The summed E-state index contributed by atoms with van der Waals surface area (Å²) in [6, 6.07) is 8.21. The molecule has 5 nitrogen and oxygen atoms in total. The zero-order valence-electron chi connectivity index (χ0n) is 9.47. The van der Waals surface area contributed by atoms with Crippen molar-refractivity contribution in [3.05, 3.63) is 45.5 Å². The van der Waals surface area contributed by atoms with Gasteiger partial charge in [-0.3, -0.25) is 4.72 Å². The number of aromatic nitrogens is 1. The van der Waals surface area contributed by atoms with E-state index in [0.717, 1.165) is 4.47 Å². The Morgan fingerprint density at radius 3 is 2.63 bits per heavy atom. The van der Waals surface area contributed by atoms with E-state index in [0.29, 0.717) is 10.2 Å². The second-order valence-corrected chi connectivity index (χ2v) is 7.00. The number of halogens is 2. The van der Waals surface area contributed by atoms with Crippen molar-refractivity contribution in [3.8, 4) is 0 Å². The molecule has 0 aliphatic heterocycles. The van der Waals surface area contributed by atoms with Gasteiger partial charge in [-0.1, -0.05) is 15.9 Å². The van der Waals surface area contributed by atoms with Gasteiger partial charge in [0.1, 0.15) is 0 Å². The van der Waals surface area contributed by atoms with Gasteiger partial charge in [-0.2, -0.15) is 8.42 Å². The van der Waals surface area contributed by atoms with Crippen molar-refractivity contribution in [2.24, 2.45) is 0 Å². The van der Waals surface area contributed by atoms with Gasteiger partial charge in [0.2, 0.25) is 0 Å². The van der Waals surface area contributed by atoms with E-state index in [-0.39, 0.29) is 10.7 Å². The molecular weight excluding hydrogens is 398 g/mol. The summed E-state index contributed by atoms with van der Waals surface area (Å²) < 4.78 is 28.2. The number of sulfonamides is 1. The first kappa shape index (κ1) is 14.3. The summed E-state index contributed by atoms with van der Waals surface area (Å²) in [6.45, 7) is 0. The molecule has 2 rings (SSSR count). The quantitative estimate of drug-likeness (QED) is 0.820. The van der Waals surface area contributed by atoms with Gasteiger partial charge in [-0.15, -0.1) is 0 Å². The highest BCUT2D eigenvalue weighted by Gasteiger charge is 2.20. The van der Waals surface area contributed by atoms with Crippen LogP contribution in [0.25, 0.3) is 0 Å². The number of nitrogens with one attached hydrogen (secondary N) is 1. The number of nitrogens with zero attached hydrogens (tertiary/aromatic N) is 1. The van der Waals surface area contributed by atoms with Gasteiger partial charge in [-0.05, 0) is 46.3 Å². The first-order valence-corrected chi connectivity index (χ1v) is 8.15. The van der Waals surface area contributed by atoms with E-state index in [9.17, 15) is 8.42 Å². The number of anilines is 2. The maximum atomic E-state index is 12.2. The third kappa shape index (κ3) is 3.26. The summed E-state index contributed by atoms with van der Waals surface area (Å²) in [5.74, 6) is 0. The summed E-state index contributed by atoms with van der Waals surface area (Å²) >= 11 is 6.55. The van der Waals surface area contributed by atoms with E-state index < -0.39 is 10.0 Å². The summed E-state index contributed by atoms with van der Waals surface area (Å²) in [4.78, 5) is 3.80. The Labute approximate surface area is 127 Å². The largest absolute Gasteiger partial charge is 0.396 e. The lowest BCUT2D eigenvalue weighted by Crippen LogP contribution is -2.16. The number of benzene rings is 1. The van der Waals surface area contributed by atoms with Gasteiger partial charge in [0, 0.05) is 15.1 Å². The van der Waals surface area contributed by atoms with Gasteiger partial charge in [0.05, 0.1) is 11.4 Å². The van der Waals surface area contributed by atoms with Gasteiger partial charge in [0.15, 0.2) is 5.03 Å². The van der Waals surface area contributed by atoms with Crippen LogP contribution in [-0.2, 0) is 10.0 Å². The molecule has 3 N–H and O–H groups in total. The normalized spacial score (nSPS) is 11.3. The average Bonchev–Trinajstić information content (AvgIpc) is 2.34. The third-order valence-electron chi connectivity index (χ3n) is 2.23. The lowest BCUT2D eigenvalue weighted by molar-refractivity contribution is 0.598. The second kappa shape index (κ2) is 5.48. The Bertz CT molecular complexity index is 720. The summed E-state index contributed by atoms with van der Waals surface area (Å²) in [7, 11) is -3.82. The molecule has 0 atom stereocenters. The molecule has 0 unspecified atom stereocenters. The molecule has 0 fully saturated rings. The standard InChI is InChI=1S/C11H9Br2N3O2S/c12-7-3-4-8(13)10(6-7)16-19(17,18)11-9(14)2-1-5-15-11/h1-6,16H,14H2. The molecule has 0 saturated heterocycles. The highest BCUT2D eigenvalue weighted by molar-refractivity contribution is 9.11. The number of pyridine rings is 1. The molecule has 1 heterocycles. The number of hydrogen-bond acceptors (Lipinski definition) is 4. The highest BCUT2D eigenvalue weighted by Crippen LogP contribution is 2.28. The number of rotatable bonds is 3. The minimum absolute atomic E-state index is 0.0983. The maximum absolute atomic E-state index is 12.2. The van der Waals surface area contributed by atoms with Crippen molar-refractivity contribution in [3.63, 3.8) is 0 Å². The predicted octanol–water partition coefficient (Wildman–Crippen LogP) is 2.99. The van der Waals surface area contributed by atoms with E-state index in [1.54, 1.807) is 24.3 Å². The molecule has 0 saturated carbocycles. The third-order valence-corrected chi connectivity index (χ3v) is 4.75. The van der Waals surface area contributed by atoms with Crippen molar-refractivity contribution in [1.82, 2.24) is 4.98 Å². The molecule has 1 aromatic carbocycles. The van der Waals surface area contributed by atoms with Crippen LogP contribution in [0.2, 0.25) is 0 Å². The second-order valence-electron chi connectivity index (χ2n) is 3.63. The molecule has 19 heavy (non-hydrogen) atoms. The van der Waals surface area contributed by atoms with Crippen LogP contribution in [0.1, 0.15) is 0 Å². The first-order valence-electron chi connectivity index (χ1n) is 5.08. The molecule has 100 valence electrons. The minimum Gasteiger partial charge on any atom is -0.396 e. The SMILES string of the molecule is Nc1cccnc1S(=O)(=O)Nc1cc(Br)ccc1Br. The Hall–Kier alpha value is -1.12. The number of nitrogens with two attached hydrogens (primary N) is 1. The predicted molar refractivity (Wildman–Crippen MR) is 81.3 cm³/mol. The number of hydrogen-bond donors (Lipinski definition) is 2. The van der Waals surface area contributed by atoms with Crippen LogP contribution in [0.3, 0.4) is 0 Å². The topological polar surface area (TPSA) is 85.1 Å². The first-order chi connectivity index (χ1) is 8.90. The molecule has 0 aliphatic carbocycles. The molecule has 0 radical (unpaired) electrons. The summed E-state index contributed by atoms with van der Waals surface area (Å²) in [5.41, 5.74) is 6.13. The fraction of sp³-hybridized carbons (Fsp3) is 0. The fourth-order valence-electron chi connectivity index (χ4n) is 1.40. The lowest BCUT2D eigenvalue weighted by Gasteiger charge is -2.10. The van der Waals surface area contributed by atoms with Gasteiger partial charge < -0.3 is 5.73 Å². The van der Waals surface area contributed by atoms with Crippen LogP contribution in [-0.4, -0.2) is 13.4 Å². The van der Waals surface area contributed by atoms with Crippen molar-refractivity contribution in [2.45, 2.75) is 5.03 Å². The molecule has 2 aromatic rings. The maximum Gasteiger partial charge on any atom is 0.281 e. The molecule has 0 amide bonds. The van der Waals surface area contributed by atoms with E-state index in [1.807, 2.05) is 0 Å². The van der Waals surface area contributed by atoms with E-state index in [2.05, 4.69) is 41.6 Å². The fourth-order valence-corrected chi connectivity index (χ4v) is 3.37. The minimum atomic E-state index is -3.82. The molecular formula is C11H9Br2N3O2S. The summed E-state index contributed by atoms with van der Waals surface area (Å²) in [6.07, 6.45) is 1.38. The van der Waals surface area contributed by atoms with Crippen molar-refractivity contribution >= 4 is 53.3 Å². The van der Waals surface area contributed by atoms with Crippen LogP contribution in [0.4, 0.5) is 11.4 Å². The molecule has 0 bridgehead atoms. The van der Waals surface area contributed by atoms with Crippen molar-refractivity contribution in [2.75, 3.05) is 10.5 Å². The van der Waals surface area contributed by atoms with E-state index in [1.165, 1.54) is 12.3 Å². The van der Waals surface area contributed by atoms with Crippen LogP contribution < -0.4 is 10.5 Å².